The van der Waals surface area contributed by atoms with Crippen LogP contribution in [0.2, 0.25) is 0 Å². The fraction of sp³-hybridized carbons (Fsp3) is 0.958. The van der Waals surface area contributed by atoms with Gasteiger partial charge in [-0.3, -0.25) is 4.79 Å². The van der Waals surface area contributed by atoms with Crippen molar-refractivity contribution >= 4 is 5.91 Å². The van der Waals surface area contributed by atoms with E-state index in [1.165, 1.54) is 96.3 Å². The van der Waals surface area contributed by atoms with Crippen LogP contribution in [0.5, 0.6) is 0 Å². The highest BCUT2D eigenvalue weighted by atomic mass is 16.2. The van der Waals surface area contributed by atoms with Gasteiger partial charge >= 0.3 is 0 Å². The lowest BCUT2D eigenvalue weighted by Crippen LogP contribution is -2.44. The summed E-state index contributed by atoms with van der Waals surface area (Å²) < 4.78 is 0. The second-order valence-corrected chi connectivity index (χ2v) is 8.51. The Morgan fingerprint density at radius 2 is 1.07 bits per heavy atom. The SMILES string of the molecule is CCCCCCCCCCCCCCCCCCNC(=O)C(N)C(C)CC. The molecule has 0 bridgehead atoms. The van der Waals surface area contributed by atoms with E-state index in [-0.39, 0.29) is 17.9 Å². The van der Waals surface area contributed by atoms with Gasteiger partial charge in [-0.25, -0.2) is 0 Å². The molecule has 0 aliphatic rings. The maximum Gasteiger partial charge on any atom is 0.237 e. The largest absolute Gasteiger partial charge is 0.355 e. The Labute approximate surface area is 170 Å². The summed E-state index contributed by atoms with van der Waals surface area (Å²) in [5.41, 5.74) is 5.93. The standard InChI is InChI=1S/C24H50N2O/c1-4-6-7-8-9-10-11-12-13-14-15-16-17-18-19-20-21-26-24(27)23(25)22(3)5-2/h22-23H,4-21,25H2,1-3H3,(H,26,27). The lowest BCUT2D eigenvalue weighted by atomic mass is 9.99. The Hall–Kier alpha value is -0.570. The van der Waals surface area contributed by atoms with Crippen LogP contribution in [-0.4, -0.2) is 18.5 Å². The van der Waals surface area contributed by atoms with E-state index < -0.39 is 0 Å². The van der Waals surface area contributed by atoms with E-state index >= 15 is 0 Å². The fourth-order valence-corrected chi connectivity index (χ4v) is 3.51. The van der Waals surface area contributed by atoms with Gasteiger partial charge in [0.05, 0.1) is 6.04 Å². The first-order chi connectivity index (χ1) is 13.1. The number of nitrogens with two attached hydrogens (primary N) is 1. The molecule has 0 spiro atoms. The van der Waals surface area contributed by atoms with Crippen LogP contribution < -0.4 is 11.1 Å². The maximum atomic E-state index is 11.9. The predicted octanol–water partition coefficient (Wildman–Crippen LogP) is 6.74. The Morgan fingerprint density at radius 3 is 1.44 bits per heavy atom. The second-order valence-electron chi connectivity index (χ2n) is 8.51. The van der Waals surface area contributed by atoms with Crippen molar-refractivity contribution < 1.29 is 4.79 Å². The Morgan fingerprint density at radius 1 is 0.704 bits per heavy atom. The zero-order chi connectivity index (χ0) is 20.2. The van der Waals surface area contributed by atoms with Gasteiger partial charge in [-0.1, -0.05) is 124 Å². The zero-order valence-corrected chi connectivity index (χ0v) is 18.9. The highest BCUT2D eigenvalue weighted by molar-refractivity contribution is 5.81. The van der Waals surface area contributed by atoms with Crippen molar-refractivity contribution in [3.63, 3.8) is 0 Å². The van der Waals surface area contributed by atoms with Crippen LogP contribution in [0, 0.1) is 5.92 Å². The van der Waals surface area contributed by atoms with E-state index in [2.05, 4.69) is 19.2 Å². The van der Waals surface area contributed by atoms with Gasteiger partial charge < -0.3 is 11.1 Å². The molecule has 2 atom stereocenters. The molecule has 0 fully saturated rings. The number of amides is 1. The minimum atomic E-state index is -0.351. The number of unbranched alkanes of at least 4 members (excludes halogenated alkanes) is 15. The highest BCUT2D eigenvalue weighted by Crippen LogP contribution is 2.13. The normalized spacial score (nSPS) is 13.5. The lowest BCUT2D eigenvalue weighted by Gasteiger charge is -2.17. The minimum Gasteiger partial charge on any atom is -0.355 e. The number of nitrogens with one attached hydrogen (secondary N) is 1. The van der Waals surface area contributed by atoms with Crippen LogP contribution in [0.25, 0.3) is 0 Å². The molecule has 0 heterocycles. The molecule has 0 saturated carbocycles. The van der Waals surface area contributed by atoms with Gasteiger partial charge in [0.25, 0.3) is 0 Å². The van der Waals surface area contributed by atoms with Crippen molar-refractivity contribution in [2.24, 2.45) is 11.7 Å². The smallest absolute Gasteiger partial charge is 0.237 e. The summed E-state index contributed by atoms with van der Waals surface area (Å²) in [6.45, 7) is 7.18. The number of rotatable bonds is 20. The van der Waals surface area contributed by atoms with E-state index in [1.807, 2.05) is 6.92 Å². The molecule has 0 aromatic rings. The second kappa shape index (κ2) is 20.2. The Bertz CT molecular complexity index is 320. The third-order valence-corrected chi connectivity index (χ3v) is 5.89. The number of hydrogen-bond acceptors (Lipinski definition) is 2. The van der Waals surface area contributed by atoms with Crippen LogP contribution in [0.4, 0.5) is 0 Å². The van der Waals surface area contributed by atoms with Crippen LogP contribution in [0.15, 0.2) is 0 Å². The van der Waals surface area contributed by atoms with Gasteiger partial charge in [0, 0.05) is 6.54 Å². The molecule has 1 amide bonds. The summed E-state index contributed by atoms with van der Waals surface area (Å²) in [6, 6.07) is -0.351. The zero-order valence-electron chi connectivity index (χ0n) is 18.9. The number of carbonyl (C=O) groups is 1. The van der Waals surface area contributed by atoms with Gasteiger partial charge in [0.15, 0.2) is 0 Å². The van der Waals surface area contributed by atoms with Crippen molar-refractivity contribution in [3.05, 3.63) is 0 Å². The van der Waals surface area contributed by atoms with Crippen molar-refractivity contribution in [2.75, 3.05) is 6.54 Å². The third kappa shape index (κ3) is 17.3. The summed E-state index contributed by atoms with van der Waals surface area (Å²) in [4.78, 5) is 11.9. The van der Waals surface area contributed by atoms with Gasteiger partial charge in [-0.05, 0) is 12.3 Å². The van der Waals surface area contributed by atoms with E-state index in [0.29, 0.717) is 0 Å². The molecule has 0 aliphatic carbocycles. The van der Waals surface area contributed by atoms with Crippen molar-refractivity contribution in [3.8, 4) is 0 Å². The van der Waals surface area contributed by atoms with Gasteiger partial charge in [-0.2, -0.15) is 0 Å². The number of carbonyl (C=O) groups excluding carboxylic acids is 1. The average molecular weight is 383 g/mol. The Balaban J connectivity index is 3.20. The topological polar surface area (TPSA) is 55.1 Å². The van der Waals surface area contributed by atoms with Gasteiger partial charge in [0.1, 0.15) is 0 Å². The number of hydrogen-bond donors (Lipinski definition) is 2. The first-order valence-corrected chi connectivity index (χ1v) is 12.2. The molecule has 0 aromatic carbocycles. The van der Waals surface area contributed by atoms with Crippen LogP contribution in [-0.2, 0) is 4.79 Å². The van der Waals surface area contributed by atoms with Gasteiger partial charge in [0.2, 0.25) is 5.91 Å². The van der Waals surface area contributed by atoms with Crippen LogP contribution >= 0.6 is 0 Å². The summed E-state index contributed by atoms with van der Waals surface area (Å²) in [5.74, 6) is 0.279. The quantitative estimate of drug-likeness (QED) is 0.229. The molecule has 0 rings (SSSR count). The predicted molar refractivity (Wildman–Crippen MR) is 120 cm³/mol. The third-order valence-electron chi connectivity index (χ3n) is 5.89. The van der Waals surface area contributed by atoms with Gasteiger partial charge in [-0.15, -0.1) is 0 Å². The molecule has 3 nitrogen and oxygen atoms in total. The molecule has 0 radical (unpaired) electrons. The summed E-state index contributed by atoms with van der Waals surface area (Å²) in [5, 5.41) is 2.98. The first kappa shape index (κ1) is 26.4. The summed E-state index contributed by atoms with van der Waals surface area (Å²) in [6.07, 6.45) is 22.9. The van der Waals surface area contributed by atoms with E-state index in [4.69, 9.17) is 5.73 Å². The fourth-order valence-electron chi connectivity index (χ4n) is 3.51. The first-order valence-electron chi connectivity index (χ1n) is 12.2. The molecule has 0 aliphatic heterocycles. The summed E-state index contributed by atoms with van der Waals surface area (Å²) in [7, 11) is 0. The van der Waals surface area contributed by atoms with E-state index in [9.17, 15) is 4.79 Å². The van der Waals surface area contributed by atoms with Crippen molar-refractivity contribution in [1.29, 1.82) is 0 Å². The Kier molecular flexibility index (Phi) is 19.7. The van der Waals surface area contributed by atoms with Crippen LogP contribution in [0.3, 0.4) is 0 Å². The van der Waals surface area contributed by atoms with E-state index in [1.54, 1.807) is 0 Å². The van der Waals surface area contributed by atoms with Crippen molar-refractivity contribution in [1.82, 2.24) is 5.32 Å². The van der Waals surface area contributed by atoms with Crippen molar-refractivity contribution in [2.45, 2.75) is 136 Å². The molecule has 3 N–H and O–H groups in total. The molecule has 3 heteroatoms. The molecular formula is C24H50N2O. The van der Waals surface area contributed by atoms with E-state index in [0.717, 1.165) is 19.4 Å². The minimum absolute atomic E-state index is 0.0188. The molecular weight excluding hydrogens is 332 g/mol. The molecule has 162 valence electrons. The highest BCUT2D eigenvalue weighted by Gasteiger charge is 2.18. The maximum absolute atomic E-state index is 11.9. The summed E-state index contributed by atoms with van der Waals surface area (Å²) >= 11 is 0. The molecule has 2 unspecified atom stereocenters. The lowest BCUT2D eigenvalue weighted by molar-refractivity contribution is -0.123. The molecule has 27 heavy (non-hydrogen) atoms. The molecule has 0 saturated heterocycles. The average Bonchev–Trinajstić information content (AvgIpc) is 2.68. The molecule has 0 aromatic heterocycles. The monoisotopic (exact) mass is 382 g/mol. The van der Waals surface area contributed by atoms with Crippen LogP contribution in [0.1, 0.15) is 130 Å².